The summed E-state index contributed by atoms with van der Waals surface area (Å²) in [5.41, 5.74) is 5.34. The van der Waals surface area contributed by atoms with Gasteiger partial charge in [-0.25, -0.2) is 4.79 Å². The van der Waals surface area contributed by atoms with E-state index in [0.29, 0.717) is 0 Å². The lowest BCUT2D eigenvalue weighted by atomic mass is 10.2. The van der Waals surface area contributed by atoms with Crippen molar-refractivity contribution in [2.24, 2.45) is 5.73 Å². The average Bonchev–Trinajstić information content (AvgIpc) is 2.26. The van der Waals surface area contributed by atoms with E-state index < -0.39 is 12.1 Å². The van der Waals surface area contributed by atoms with E-state index in [2.05, 4.69) is 10.1 Å². The highest BCUT2D eigenvalue weighted by atomic mass is 16.5. The molecular formula is C9H18N2O5. The highest BCUT2D eigenvalue weighted by Crippen LogP contribution is 1.95. The summed E-state index contributed by atoms with van der Waals surface area (Å²) in [6, 6.07) is 0. The molecule has 0 aromatic heterocycles. The van der Waals surface area contributed by atoms with Crippen LogP contribution < -0.4 is 11.1 Å². The van der Waals surface area contributed by atoms with E-state index in [9.17, 15) is 9.59 Å². The van der Waals surface area contributed by atoms with E-state index in [1.807, 2.05) is 0 Å². The van der Waals surface area contributed by atoms with Crippen LogP contribution in [0.3, 0.4) is 0 Å². The van der Waals surface area contributed by atoms with Crippen molar-refractivity contribution in [2.75, 3.05) is 27.3 Å². The predicted octanol–water partition coefficient (Wildman–Crippen LogP) is -1.43. The molecule has 2 unspecified atom stereocenters. The van der Waals surface area contributed by atoms with Crippen LogP contribution in [0.2, 0.25) is 0 Å². The van der Waals surface area contributed by atoms with Gasteiger partial charge in [0.1, 0.15) is 0 Å². The van der Waals surface area contributed by atoms with Crippen LogP contribution in [-0.4, -0.2) is 56.5 Å². The van der Waals surface area contributed by atoms with Crippen LogP contribution >= 0.6 is 0 Å². The first kappa shape index (κ1) is 14.8. The molecule has 0 heterocycles. The highest BCUT2D eigenvalue weighted by Gasteiger charge is 2.18. The smallest absolute Gasteiger partial charge is 0.334 e. The molecular weight excluding hydrogens is 216 g/mol. The number of hydrogen-bond donors (Lipinski definition) is 3. The minimum absolute atomic E-state index is 0.0777. The van der Waals surface area contributed by atoms with Crippen LogP contribution in [0.5, 0.6) is 0 Å². The second-order valence-electron chi connectivity index (χ2n) is 3.16. The Kier molecular flexibility index (Phi) is 7.44. The van der Waals surface area contributed by atoms with Crippen LogP contribution in [0.25, 0.3) is 0 Å². The largest absolute Gasteiger partial charge is 0.479 e. The summed E-state index contributed by atoms with van der Waals surface area (Å²) < 4.78 is 9.57. The van der Waals surface area contributed by atoms with Crippen LogP contribution in [0.4, 0.5) is 0 Å². The molecule has 2 atom stereocenters. The average molecular weight is 234 g/mol. The van der Waals surface area contributed by atoms with Crippen molar-refractivity contribution in [3.8, 4) is 0 Å². The summed E-state index contributed by atoms with van der Waals surface area (Å²) in [5.74, 6) is -1.44. The molecule has 7 nitrogen and oxygen atoms in total. The Morgan fingerprint density at radius 3 is 2.38 bits per heavy atom. The molecule has 0 saturated heterocycles. The van der Waals surface area contributed by atoms with Crippen molar-refractivity contribution < 1.29 is 24.2 Å². The molecule has 4 N–H and O–H groups in total. The first-order valence-corrected chi connectivity index (χ1v) is 4.80. The van der Waals surface area contributed by atoms with E-state index in [1.165, 1.54) is 14.2 Å². The number of rotatable bonds is 8. The number of carbonyl (C=O) groups is 2. The van der Waals surface area contributed by atoms with Crippen LogP contribution in [0.1, 0.15) is 6.42 Å². The van der Waals surface area contributed by atoms with Gasteiger partial charge in [0.05, 0.1) is 19.1 Å². The van der Waals surface area contributed by atoms with Crippen molar-refractivity contribution in [2.45, 2.75) is 18.6 Å². The lowest BCUT2D eigenvalue weighted by molar-refractivity contribution is -0.148. The summed E-state index contributed by atoms with van der Waals surface area (Å²) in [4.78, 5) is 21.9. The molecule has 94 valence electrons. The van der Waals surface area contributed by atoms with Gasteiger partial charge in [-0.3, -0.25) is 4.79 Å². The molecule has 0 spiro atoms. The maximum absolute atomic E-state index is 11.3. The van der Waals surface area contributed by atoms with E-state index in [0.717, 1.165) is 0 Å². The Labute approximate surface area is 93.9 Å². The van der Waals surface area contributed by atoms with Crippen LogP contribution in [0, 0.1) is 0 Å². The fraction of sp³-hybridized carbons (Fsp3) is 0.778. The molecule has 0 aromatic carbocycles. The maximum atomic E-state index is 11.3. The Hall–Kier alpha value is -1.18. The molecule has 0 radical (unpaired) electrons. The van der Waals surface area contributed by atoms with Crippen molar-refractivity contribution in [1.29, 1.82) is 0 Å². The third kappa shape index (κ3) is 5.64. The van der Waals surface area contributed by atoms with Crippen LogP contribution in [0.15, 0.2) is 0 Å². The van der Waals surface area contributed by atoms with Crippen molar-refractivity contribution in [1.82, 2.24) is 5.32 Å². The number of methoxy groups -OCH3 is 2. The zero-order valence-electron chi connectivity index (χ0n) is 9.43. The molecule has 0 aliphatic carbocycles. The summed E-state index contributed by atoms with van der Waals surface area (Å²) in [7, 11) is 2.72. The lowest BCUT2D eigenvalue weighted by Gasteiger charge is -2.14. The van der Waals surface area contributed by atoms with Gasteiger partial charge < -0.3 is 25.6 Å². The normalized spacial score (nSPS) is 14.2. The molecule has 0 aliphatic rings. The number of aliphatic carboxylic acids is 1. The van der Waals surface area contributed by atoms with Gasteiger partial charge in [-0.15, -0.1) is 0 Å². The zero-order valence-corrected chi connectivity index (χ0v) is 9.43. The standard InChI is InChI=1S/C9H18N2O5/c1-15-6(4-10)3-8(12)11-5-7(16-2)9(13)14/h6-7H,3-5,10H2,1-2H3,(H,11,12)(H,13,14). The Bertz CT molecular complexity index is 230. The molecule has 0 fully saturated rings. The molecule has 7 heteroatoms. The number of carboxylic acid groups (broad SMARTS) is 1. The second-order valence-corrected chi connectivity index (χ2v) is 3.16. The Balaban J connectivity index is 3.92. The van der Waals surface area contributed by atoms with Gasteiger partial charge in [0.25, 0.3) is 0 Å². The Morgan fingerprint density at radius 1 is 1.38 bits per heavy atom. The lowest BCUT2D eigenvalue weighted by Crippen LogP contribution is -2.39. The van der Waals surface area contributed by atoms with Gasteiger partial charge in [-0.1, -0.05) is 0 Å². The number of nitrogens with two attached hydrogens (primary N) is 1. The molecule has 0 aromatic rings. The number of carboxylic acids is 1. The van der Waals surface area contributed by atoms with E-state index in [1.54, 1.807) is 0 Å². The zero-order chi connectivity index (χ0) is 12.6. The number of nitrogens with one attached hydrogen (secondary N) is 1. The summed E-state index contributed by atoms with van der Waals surface area (Å²) in [6.07, 6.45) is -1.29. The highest BCUT2D eigenvalue weighted by molar-refractivity contribution is 5.78. The van der Waals surface area contributed by atoms with Gasteiger partial charge in [0.15, 0.2) is 6.10 Å². The summed E-state index contributed by atoms with van der Waals surface area (Å²) in [5, 5.41) is 11.1. The second kappa shape index (κ2) is 8.03. The van der Waals surface area contributed by atoms with E-state index in [4.69, 9.17) is 15.6 Å². The monoisotopic (exact) mass is 234 g/mol. The topological polar surface area (TPSA) is 111 Å². The van der Waals surface area contributed by atoms with Crippen molar-refractivity contribution in [3.05, 3.63) is 0 Å². The van der Waals surface area contributed by atoms with Gasteiger partial charge in [0.2, 0.25) is 5.91 Å². The van der Waals surface area contributed by atoms with Gasteiger partial charge in [-0.2, -0.15) is 0 Å². The predicted molar refractivity (Wildman–Crippen MR) is 55.9 cm³/mol. The third-order valence-corrected chi connectivity index (χ3v) is 2.05. The van der Waals surface area contributed by atoms with Crippen LogP contribution in [-0.2, 0) is 19.1 Å². The van der Waals surface area contributed by atoms with Crippen molar-refractivity contribution >= 4 is 11.9 Å². The SMILES string of the molecule is COC(CN)CC(=O)NCC(OC)C(=O)O. The fourth-order valence-corrected chi connectivity index (χ4v) is 1.02. The van der Waals surface area contributed by atoms with Gasteiger partial charge in [0, 0.05) is 20.8 Å². The quantitative estimate of drug-likeness (QED) is 0.474. The van der Waals surface area contributed by atoms with Gasteiger partial charge >= 0.3 is 5.97 Å². The van der Waals surface area contributed by atoms with Gasteiger partial charge in [-0.05, 0) is 0 Å². The maximum Gasteiger partial charge on any atom is 0.334 e. The van der Waals surface area contributed by atoms with E-state index >= 15 is 0 Å². The number of hydrogen-bond acceptors (Lipinski definition) is 5. The molecule has 0 aliphatic heterocycles. The summed E-state index contributed by atoms with van der Waals surface area (Å²) in [6.45, 7) is 0.155. The molecule has 0 saturated carbocycles. The molecule has 16 heavy (non-hydrogen) atoms. The molecule has 1 amide bonds. The first-order valence-electron chi connectivity index (χ1n) is 4.80. The van der Waals surface area contributed by atoms with Crippen molar-refractivity contribution in [3.63, 3.8) is 0 Å². The molecule has 0 bridgehead atoms. The fourth-order valence-electron chi connectivity index (χ4n) is 1.02. The third-order valence-electron chi connectivity index (χ3n) is 2.05. The molecule has 0 rings (SSSR count). The number of carbonyl (C=O) groups excluding carboxylic acids is 1. The summed E-state index contributed by atoms with van der Waals surface area (Å²) >= 11 is 0. The minimum atomic E-state index is -1.12. The minimum Gasteiger partial charge on any atom is -0.479 e. The first-order chi connectivity index (χ1) is 7.54. The Morgan fingerprint density at radius 2 is 2.00 bits per heavy atom. The number of amides is 1. The number of ether oxygens (including phenoxy) is 2. The van der Waals surface area contributed by atoms with E-state index in [-0.39, 0.29) is 31.5 Å².